The SMILES string of the molecule is Cc1ccnc(Nc2cc(N3CCN(C(=O)CCc4c(C)noc4C)CC3)ncn2)c1. The van der Waals surface area contributed by atoms with E-state index in [4.69, 9.17) is 4.52 Å². The highest BCUT2D eigenvalue weighted by atomic mass is 16.5. The molecule has 4 heterocycles. The number of pyridine rings is 1. The summed E-state index contributed by atoms with van der Waals surface area (Å²) < 4.78 is 5.19. The highest BCUT2D eigenvalue weighted by Gasteiger charge is 2.23. The van der Waals surface area contributed by atoms with Crippen molar-refractivity contribution < 1.29 is 9.32 Å². The Labute approximate surface area is 181 Å². The summed E-state index contributed by atoms with van der Waals surface area (Å²) in [6.07, 6.45) is 4.44. The van der Waals surface area contributed by atoms with Gasteiger partial charge in [0, 0.05) is 50.4 Å². The molecule has 0 saturated carbocycles. The molecule has 3 aromatic heterocycles. The van der Waals surface area contributed by atoms with Crippen molar-refractivity contribution in [2.45, 2.75) is 33.6 Å². The summed E-state index contributed by atoms with van der Waals surface area (Å²) in [5, 5.41) is 7.18. The van der Waals surface area contributed by atoms with E-state index in [2.05, 4.69) is 30.3 Å². The second-order valence-corrected chi connectivity index (χ2v) is 7.78. The minimum atomic E-state index is 0.162. The molecule has 1 aliphatic rings. The molecule has 0 radical (unpaired) electrons. The first-order valence-corrected chi connectivity index (χ1v) is 10.5. The van der Waals surface area contributed by atoms with Gasteiger partial charge in [0.1, 0.15) is 29.5 Å². The van der Waals surface area contributed by atoms with Gasteiger partial charge < -0.3 is 19.6 Å². The molecule has 0 aromatic carbocycles. The van der Waals surface area contributed by atoms with Crippen LogP contribution in [-0.2, 0) is 11.2 Å². The molecule has 31 heavy (non-hydrogen) atoms. The lowest BCUT2D eigenvalue weighted by Crippen LogP contribution is -2.49. The van der Waals surface area contributed by atoms with Crippen molar-refractivity contribution in [3.05, 3.63) is 53.3 Å². The molecule has 0 unspecified atom stereocenters. The summed E-state index contributed by atoms with van der Waals surface area (Å²) in [6.45, 7) is 8.63. The van der Waals surface area contributed by atoms with Crippen LogP contribution in [0, 0.1) is 20.8 Å². The summed E-state index contributed by atoms with van der Waals surface area (Å²) in [7, 11) is 0. The van der Waals surface area contributed by atoms with E-state index in [0.717, 1.165) is 47.3 Å². The smallest absolute Gasteiger partial charge is 0.223 e. The quantitative estimate of drug-likeness (QED) is 0.649. The van der Waals surface area contributed by atoms with Gasteiger partial charge in [-0.1, -0.05) is 5.16 Å². The summed E-state index contributed by atoms with van der Waals surface area (Å²) in [5.41, 5.74) is 3.03. The van der Waals surface area contributed by atoms with Crippen LogP contribution in [-0.4, -0.2) is 57.1 Å². The zero-order valence-corrected chi connectivity index (χ0v) is 18.1. The molecule has 1 N–H and O–H groups in total. The fourth-order valence-electron chi connectivity index (χ4n) is 3.76. The Morgan fingerprint density at radius 2 is 1.84 bits per heavy atom. The maximum absolute atomic E-state index is 12.7. The standard InChI is InChI=1S/C22H27N7O2/c1-15-6-7-23-19(12-15)26-20-13-21(25-14-24-20)28-8-10-29(11-9-28)22(30)5-4-18-16(2)27-31-17(18)3/h6-7,12-14H,4-5,8-11H2,1-3H3,(H,23,24,25,26). The monoisotopic (exact) mass is 421 g/mol. The molecule has 3 aromatic rings. The molecule has 1 aliphatic heterocycles. The zero-order valence-electron chi connectivity index (χ0n) is 18.1. The molecule has 0 spiro atoms. The van der Waals surface area contributed by atoms with Gasteiger partial charge >= 0.3 is 0 Å². The molecular weight excluding hydrogens is 394 g/mol. The van der Waals surface area contributed by atoms with E-state index < -0.39 is 0 Å². The van der Waals surface area contributed by atoms with Gasteiger partial charge in [0.25, 0.3) is 0 Å². The van der Waals surface area contributed by atoms with Crippen molar-refractivity contribution >= 4 is 23.4 Å². The number of nitrogens with zero attached hydrogens (tertiary/aromatic N) is 6. The third kappa shape index (κ3) is 4.99. The highest BCUT2D eigenvalue weighted by Crippen LogP contribution is 2.20. The number of rotatable bonds is 6. The van der Waals surface area contributed by atoms with Gasteiger partial charge in [0.2, 0.25) is 5.91 Å². The number of aryl methyl sites for hydroxylation is 3. The first-order valence-electron chi connectivity index (χ1n) is 10.5. The lowest BCUT2D eigenvalue weighted by molar-refractivity contribution is -0.131. The molecule has 4 rings (SSSR count). The van der Waals surface area contributed by atoms with Crippen molar-refractivity contribution in [1.82, 2.24) is 25.0 Å². The van der Waals surface area contributed by atoms with E-state index >= 15 is 0 Å². The molecule has 1 amide bonds. The number of anilines is 3. The van der Waals surface area contributed by atoms with Crippen LogP contribution in [0.5, 0.6) is 0 Å². The molecular formula is C22H27N7O2. The van der Waals surface area contributed by atoms with Crippen molar-refractivity contribution in [2.24, 2.45) is 0 Å². The van der Waals surface area contributed by atoms with Gasteiger partial charge in [-0.05, 0) is 44.9 Å². The van der Waals surface area contributed by atoms with Crippen LogP contribution in [0.3, 0.4) is 0 Å². The average molecular weight is 422 g/mol. The summed E-state index contributed by atoms with van der Waals surface area (Å²) in [5.74, 6) is 3.24. The number of amides is 1. The Morgan fingerprint density at radius 3 is 2.55 bits per heavy atom. The minimum absolute atomic E-state index is 0.162. The van der Waals surface area contributed by atoms with E-state index in [-0.39, 0.29) is 5.91 Å². The first kappa shape index (κ1) is 20.8. The fourth-order valence-corrected chi connectivity index (χ4v) is 3.76. The molecule has 0 aliphatic carbocycles. The third-order valence-electron chi connectivity index (χ3n) is 5.55. The number of piperazine rings is 1. The number of carbonyl (C=O) groups is 1. The van der Waals surface area contributed by atoms with Gasteiger partial charge in [-0.15, -0.1) is 0 Å². The Hall–Kier alpha value is -3.49. The van der Waals surface area contributed by atoms with E-state index in [0.29, 0.717) is 31.7 Å². The van der Waals surface area contributed by atoms with Gasteiger partial charge in [-0.3, -0.25) is 4.79 Å². The Bertz CT molecular complexity index is 1040. The molecule has 0 atom stereocenters. The summed E-state index contributed by atoms with van der Waals surface area (Å²) >= 11 is 0. The van der Waals surface area contributed by atoms with E-state index in [1.165, 1.54) is 0 Å². The zero-order chi connectivity index (χ0) is 21.8. The van der Waals surface area contributed by atoms with Gasteiger partial charge in [0.15, 0.2) is 0 Å². The van der Waals surface area contributed by atoms with Crippen molar-refractivity contribution in [3.63, 3.8) is 0 Å². The summed E-state index contributed by atoms with van der Waals surface area (Å²) in [6, 6.07) is 5.83. The van der Waals surface area contributed by atoms with Crippen LogP contribution in [0.1, 0.15) is 29.0 Å². The average Bonchev–Trinajstić information content (AvgIpc) is 3.09. The molecule has 1 saturated heterocycles. The third-order valence-corrected chi connectivity index (χ3v) is 5.55. The fraction of sp³-hybridized carbons (Fsp3) is 0.409. The van der Waals surface area contributed by atoms with Gasteiger partial charge in [-0.25, -0.2) is 15.0 Å². The van der Waals surface area contributed by atoms with Crippen molar-refractivity contribution in [1.29, 1.82) is 0 Å². The number of hydrogen-bond donors (Lipinski definition) is 1. The molecule has 9 nitrogen and oxygen atoms in total. The predicted molar refractivity (Wildman–Crippen MR) is 117 cm³/mol. The van der Waals surface area contributed by atoms with Crippen LogP contribution < -0.4 is 10.2 Å². The second-order valence-electron chi connectivity index (χ2n) is 7.78. The maximum Gasteiger partial charge on any atom is 0.223 e. The summed E-state index contributed by atoms with van der Waals surface area (Å²) in [4.78, 5) is 29.8. The minimum Gasteiger partial charge on any atom is -0.361 e. The van der Waals surface area contributed by atoms with Crippen LogP contribution in [0.2, 0.25) is 0 Å². The normalized spacial score (nSPS) is 14.0. The van der Waals surface area contributed by atoms with Crippen LogP contribution >= 0.6 is 0 Å². The molecule has 0 bridgehead atoms. The second kappa shape index (κ2) is 9.11. The number of nitrogens with one attached hydrogen (secondary N) is 1. The van der Waals surface area contributed by atoms with E-state index in [9.17, 15) is 4.79 Å². The van der Waals surface area contributed by atoms with Gasteiger partial charge in [0.05, 0.1) is 5.69 Å². The van der Waals surface area contributed by atoms with E-state index in [1.807, 2.05) is 43.9 Å². The molecule has 162 valence electrons. The van der Waals surface area contributed by atoms with Crippen LogP contribution in [0.4, 0.5) is 17.5 Å². The van der Waals surface area contributed by atoms with Crippen molar-refractivity contribution in [3.8, 4) is 0 Å². The molecule has 1 fully saturated rings. The number of aromatic nitrogens is 4. The number of carbonyl (C=O) groups excluding carboxylic acids is 1. The topological polar surface area (TPSA) is 100 Å². The molecule has 9 heteroatoms. The van der Waals surface area contributed by atoms with Gasteiger partial charge in [-0.2, -0.15) is 0 Å². The van der Waals surface area contributed by atoms with Crippen LogP contribution in [0.15, 0.2) is 35.2 Å². The van der Waals surface area contributed by atoms with E-state index in [1.54, 1.807) is 12.5 Å². The maximum atomic E-state index is 12.7. The van der Waals surface area contributed by atoms with Crippen LogP contribution in [0.25, 0.3) is 0 Å². The largest absolute Gasteiger partial charge is 0.361 e. The predicted octanol–water partition coefficient (Wildman–Crippen LogP) is 2.81. The first-order chi connectivity index (χ1) is 15.0. The highest BCUT2D eigenvalue weighted by molar-refractivity contribution is 5.77. The Morgan fingerprint density at radius 1 is 1.06 bits per heavy atom. The lowest BCUT2D eigenvalue weighted by Gasteiger charge is -2.35. The Kier molecular flexibility index (Phi) is 6.11. The number of hydrogen-bond acceptors (Lipinski definition) is 8. The Balaban J connectivity index is 1.32. The lowest BCUT2D eigenvalue weighted by atomic mass is 10.1. The van der Waals surface area contributed by atoms with Crippen molar-refractivity contribution in [2.75, 3.05) is 36.4 Å².